The lowest BCUT2D eigenvalue weighted by Crippen LogP contribution is -2.02. The van der Waals surface area contributed by atoms with Gasteiger partial charge in [0.05, 0.1) is 13.2 Å². The zero-order valence-corrected chi connectivity index (χ0v) is 4.15. The molecule has 0 aliphatic rings. The predicted molar refractivity (Wildman–Crippen MR) is 23.7 cm³/mol. The third-order valence-electron chi connectivity index (χ3n) is 0.665. The van der Waals surface area contributed by atoms with Crippen molar-refractivity contribution in [1.82, 2.24) is 20.2 Å². The quantitative estimate of drug-likeness (QED) is 0.505. The van der Waals surface area contributed by atoms with Gasteiger partial charge in [-0.2, -0.15) is 0 Å². The first kappa shape index (κ1) is 5.17. The van der Waals surface area contributed by atoms with E-state index in [2.05, 4.69) is 21.9 Å². The highest BCUT2D eigenvalue weighted by atomic mass is 16.3. The molecule has 8 heavy (non-hydrogen) atoms. The topological polar surface area (TPSA) is 63.8 Å². The van der Waals surface area contributed by atoms with Gasteiger partial charge in [0.1, 0.15) is 0 Å². The Bertz CT molecular complexity index is 137. The van der Waals surface area contributed by atoms with Gasteiger partial charge in [-0.15, -0.1) is 5.10 Å². The van der Waals surface area contributed by atoms with Crippen LogP contribution in [-0.2, 0) is 6.54 Å². The van der Waals surface area contributed by atoms with E-state index in [1.807, 2.05) is 0 Å². The van der Waals surface area contributed by atoms with Gasteiger partial charge in [0.25, 0.3) is 0 Å². The van der Waals surface area contributed by atoms with Crippen molar-refractivity contribution in [2.75, 3.05) is 6.61 Å². The molecule has 0 spiro atoms. The molecule has 43 valence electrons. The summed E-state index contributed by atoms with van der Waals surface area (Å²) < 4.78 is 1.33. The van der Waals surface area contributed by atoms with Crippen LogP contribution < -0.4 is 0 Å². The lowest BCUT2D eigenvalue weighted by atomic mass is 10.7. The Labute approximate surface area is 45.9 Å². The Kier molecular flexibility index (Phi) is 1.53. The van der Waals surface area contributed by atoms with Gasteiger partial charge < -0.3 is 5.11 Å². The van der Waals surface area contributed by atoms with Crippen LogP contribution in [0.25, 0.3) is 0 Å². The normalized spacial score (nSPS) is 9.62. The molecule has 1 aromatic heterocycles. The van der Waals surface area contributed by atoms with Crippen molar-refractivity contribution in [3.63, 3.8) is 0 Å². The molecule has 5 nitrogen and oxygen atoms in total. The first-order chi connectivity index (χ1) is 3.93. The van der Waals surface area contributed by atoms with Crippen molar-refractivity contribution < 1.29 is 5.11 Å². The number of tetrazole rings is 1. The fourth-order valence-corrected chi connectivity index (χ4v) is 0.349. The molecule has 0 bridgehead atoms. The maximum atomic E-state index is 8.30. The van der Waals surface area contributed by atoms with E-state index in [4.69, 9.17) is 5.11 Å². The molecule has 1 aromatic rings. The highest BCUT2D eigenvalue weighted by Gasteiger charge is 1.87. The molecule has 0 atom stereocenters. The number of hydrogen-bond acceptors (Lipinski definition) is 4. The van der Waals surface area contributed by atoms with E-state index in [0.717, 1.165) is 0 Å². The Hall–Kier alpha value is -0.970. The Morgan fingerprint density at radius 1 is 1.62 bits per heavy atom. The van der Waals surface area contributed by atoms with Gasteiger partial charge in [-0.1, -0.05) is 0 Å². The van der Waals surface area contributed by atoms with Crippen LogP contribution in [0, 0.1) is 6.33 Å². The summed E-state index contributed by atoms with van der Waals surface area (Å²) in [4.78, 5) is 0. The van der Waals surface area contributed by atoms with Crippen LogP contribution in [0.4, 0.5) is 0 Å². The second-order valence-corrected chi connectivity index (χ2v) is 1.23. The van der Waals surface area contributed by atoms with Crippen molar-refractivity contribution in [1.29, 1.82) is 0 Å². The van der Waals surface area contributed by atoms with Crippen LogP contribution in [0.15, 0.2) is 0 Å². The van der Waals surface area contributed by atoms with Gasteiger partial charge in [0.15, 0.2) is 0 Å². The summed E-state index contributed by atoms with van der Waals surface area (Å²) in [5.74, 6) is 0. The van der Waals surface area contributed by atoms with Crippen LogP contribution in [0.5, 0.6) is 0 Å². The zero-order chi connectivity index (χ0) is 5.82. The predicted octanol–water partition coefficient (Wildman–Crippen LogP) is -1.53. The van der Waals surface area contributed by atoms with E-state index in [1.165, 1.54) is 4.68 Å². The standard InChI is InChI=1S/C3H5N4O/c8-2-1-7-3-4-5-6-7/h8H,1-2H2. The molecule has 5 heteroatoms. The SMILES string of the molecule is OCCn1[c]nnn1. The number of nitrogens with zero attached hydrogens (tertiary/aromatic N) is 4. The Balaban J connectivity index is 2.50. The maximum absolute atomic E-state index is 8.30. The number of hydrogen-bond donors (Lipinski definition) is 1. The van der Waals surface area contributed by atoms with Crippen LogP contribution in [0.2, 0.25) is 0 Å². The molecule has 0 fully saturated rings. The van der Waals surface area contributed by atoms with Gasteiger partial charge in [0, 0.05) is 0 Å². The van der Waals surface area contributed by atoms with Gasteiger partial charge >= 0.3 is 0 Å². The Morgan fingerprint density at radius 2 is 2.50 bits per heavy atom. The second-order valence-electron chi connectivity index (χ2n) is 1.23. The van der Waals surface area contributed by atoms with Crippen molar-refractivity contribution in [3.8, 4) is 0 Å². The summed E-state index contributed by atoms with van der Waals surface area (Å²) in [5, 5.41) is 18.3. The number of rotatable bonds is 2. The van der Waals surface area contributed by atoms with Crippen molar-refractivity contribution >= 4 is 0 Å². The lowest BCUT2D eigenvalue weighted by Gasteiger charge is -1.87. The van der Waals surface area contributed by atoms with E-state index in [-0.39, 0.29) is 6.61 Å². The summed E-state index contributed by atoms with van der Waals surface area (Å²) in [5.41, 5.74) is 0. The smallest absolute Gasteiger partial charge is 0.221 e. The molecular formula is C3H5N4O. The van der Waals surface area contributed by atoms with Gasteiger partial charge in [-0.05, 0) is 10.4 Å². The molecular weight excluding hydrogens is 108 g/mol. The fourth-order valence-electron chi connectivity index (χ4n) is 0.349. The molecule has 1 heterocycles. The average molecular weight is 113 g/mol. The molecule has 0 aliphatic carbocycles. The summed E-state index contributed by atoms with van der Waals surface area (Å²) >= 11 is 0. The van der Waals surface area contributed by atoms with Crippen molar-refractivity contribution in [3.05, 3.63) is 6.33 Å². The molecule has 0 unspecified atom stereocenters. The minimum atomic E-state index is 0.0432. The summed E-state index contributed by atoms with van der Waals surface area (Å²) in [6, 6.07) is 0. The minimum absolute atomic E-state index is 0.0432. The monoisotopic (exact) mass is 113 g/mol. The van der Waals surface area contributed by atoms with Gasteiger partial charge in [-0.3, -0.25) is 0 Å². The van der Waals surface area contributed by atoms with E-state index < -0.39 is 0 Å². The lowest BCUT2D eigenvalue weighted by molar-refractivity contribution is 0.267. The Morgan fingerprint density at radius 3 is 3.00 bits per heavy atom. The van der Waals surface area contributed by atoms with Crippen LogP contribution in [-0.4, -0.2) is 31.9 Å². The van der Waals surface area contributed by atoms with Gasteiger partial charge in [0.2, 0.25) is 6.33 Å². The molecule has 0 amide bonds. The van der Waals surface area contributed by atoms with Crippen LogP contribution in [0.3, 0.4) is 0 Å². The first-order valence-electron chi connectivity index (χ1n) is 2.18. The molecule has 0 aliphatic heterocycles. The van der Waals surface area contributed by atoms with Crippen LogP contribution >= 0.6 is 0 Å². The number of aliphatic hydroxyl groups excluding tert-OH is 1. The highest BCUT2D eigenvalue weighted by Crippen LogP contribution is 1.71. The summed E-state index contributed by atoms with van der Waals surface area (Å²) in [6.45, 7) is 0.453. The highest BCUT2D eigenvalue weighted by molar-refractivity contribution is 4.40. The molecule has 1 radical (unpaired) electrons. The van der Waals surface area contributed by atoms with Crippen molar-refractivity contribution in [2.24, 2.45) is 0 Å². The average Bonchev–Trinajstić information content (AvgIpc) is 2.19. The molecule has 0 aromatic carbocycles. The van der Waals surface area contributed by atoms with E-state index in [9.17, 15) is 0 Å². The summed E-state index contributed by atoms with van der Waals surface area (Å²) in [6.07, 6.45) is 2.42. The third-order valence-corrected chi connectivity index (χ3v) is 0.665. The number of aromatic nitrogens is 4. The van der Waals surface area contributed by atoms with Crippen molar-refractivity contribution in [2.45, 2.75) is 6.54 Å². The van der Waals surface area contributed by atoms with Crippen LogP contribution in [0.1, 0.15) is 0 Å². The second kappa shape index (κ2) is 2.37. The largest absolute Gasteiger partial charge is 0.394 e. The van der Waals surface area contributed by atoms with E-state index in [1.54, 1.807) is 0 Å². The van der Waals surface area contributed by atoms with E-state index >= 15 is 0 Å². The third kappa shape index (κ3) is 1.00. The minimum Gasteiger partial charge on any atom is -0.394 e. The first-order valence-corrected chi connectivity index (χ1v) is 2.18. The molecule has 0 saturated carbocycles. The van der Waals surface area contributed by atoms with E-state index in [0.29, 0.717) is 6.54 Å². The fraction of sp³-hybridized carbons (Fsp3) is 0.667. The molecule has 1 N–H and O–H groups in total. The number of aliphatic hydroxyl groups is 1. The molecule has 1 rings (SSSR count). The maximum Gasteiger partial charge on any atom is 0.221 e. The van der Waals surface area contributed by atoms with Gasteiger partial charge in [-0.25, -0.2) is 4.68 Å². The zero-order valence-electron chi connectivity index (χ0n) is 4.15. The summed E-state index contributed by atoms with van der Waals surface area (Å²) in [7, 11) is 0. The molecule has 0 saturated heterocycles.